The number of hydrogen-bond acceptors (Lipinski definition) is 11. The molecule has 17 nitrogen and oxygen atoms in total. The van der Waals surface area contributed by atoms with E-state index in [0.29, 0.717) is 114 Å². The number of ether oxygens (including phenoxy) is 3. The van der Waals surface area contributed by atoms with Gasteiger partial charge in [-0.2, -0.15) is 0 Å². The number of nitrogens with zero attached hydrogens (tertiary/aromatic N) is 11. The van der Waals surface area contributed by atoms with Gasteiger partial charge in [0.1, 0.15) is 25.5 Å². The number of carbonyl (C=O) groups excluding carboxylic acids is 3. The standard InChI is InChI=1S/C23H23N3O2.C20H20N4O2.C18H18N4O2.CH4/c27-23(21-14-20(21)18-9-5-2-6-10-18)25-11-12-26-19(15-25)13-22(24-26)28-16-17-7-3-1-4-8-17;1-15-9-17(12-21-11-15)20(25)23-7-8-24-18(13-23)10-19(22-24)26-14-16-5-3-2-4-6-16;23-18(16-7-4-8-19-16)21-9-10-22-15(12-21)11-17(20-22)24-13-14-5-2-1-3-6-14;/h1-10,13,20-21H,11-12,14-16H2;2-6,9-12H,7-8,13-14H2,1H3;1-7,11H,8-10,12-13H2;1H4. The molecule has 2 unspecified atom stereocenters. The summed E-state index contributed by atoms with van der Waals surface area (Å²) >= 11 is 0. The van der Waals surface area contributed by atoms with E-state index >= 15 is 0 Å². The van der Waals surface area contributed by atoms with Crippen molar-refractivity contribution in [2.75, 3.05) is 26.2 Å². The molecule has 0 bridgehead atoms. The predicted molar refractivity (Wildman–Crippen MR) is 299 cm³/mol. The highest BCUT2D eigenvalue weighted by molar-refractivity contribution is 6.43. The van der Waals surface area contributed by atoms with Crippen LogP contribution in [0.25, 0.3) is 0 Å². The van der Waals surface area contributed by atoms with E-state index in [-0.39, 0.29) is 31.1 Å². The smallest absolute Gasteiger partial charge is 0.272 e. The van der Waals surface area contributed by atoms with Crippen molar-refractivity contribution in [1.29, 1.82) is 0 Å². The second-order valence-corrected chi connectivity index (χ2v) is 19.9. The lowest BCUT2D eigenvalue weighted by Crippen LogP contribution is -2.41. The molecule has 0 saturated heterocycles. The maximum atomic E-state index is 12.9. The van der Waals surface area contributed by atoms with E-state index in [1.165, 1.54) is 5.56 Å². The minimum atomic E-state index is -0.0112. The van der Waals surface area contributed by atoms with Crippen molar-refractivity contribution in [3.8, 4) is 17.6 Å². The maximum absolute atomic E-state index is 12.9. The molecular weight excluding hydrogens is 995 g/mol. The third-order valence-corrected chi connectivity index (χ3v) is 14.2. The number of fused-ring (bicyclic) bond motifs is 3. The average Bonchev–Trinajstić information content (AvgIpc) is 4.14. The van der Waals surface area contributed by atoms with Gasteiger partial charge in [0.2, 0.25) is 23.5 Å². The molecule has 1 saturated carbocycles. The normalized spacial score (nSPS) is 16.5. The fourth-order valence-corrected chi connectivity index (χ4v) is 9.96. The zero-order valence-electron chi connectivity index (χ0n) is 43.6. The van der Waals surface area contributed by atoms with Crippen LogP contribution in [0.1, 0.15) is 75.0 Å². The zero-order chi connectivity index (χ0) is 53.2. The molecule has 8 aromatic rings. The Balaban J connectivity index is 0.000000133. The Morgan fingerprint density at radius 1 is 0.532 bits per heavy atom. The molecule has 79 heavy (non-hydrogen) atoms. The van der Waals surface area contributed by atoms with Crippen molar-refractivity contribution < 1.29 is 28.6 Å². The van der Waals surface area contributed by atoms with Gasteiger partial charge in [-0.05, 0) is 59.2 Å². The summed E-state index contributed by atoms with van der Waals surface area (Å²) in [4.78, 5) is 52.0. The Kier molecular flexibility index (Phi) is 16.8. The highest BCUT2D eigenvalue weighted by Crippen LogP contribution is 2.48. The summed E-state index contributed by atoms with van der Waals surface area (Å²) in [5.74, 6) is 2.59. The summed E-state index contributed by atoms with van der Waals surface area (Å²) in [5.41, 5.74) is 9.75. The van der Waals surface area contributed by atoms with E-state index in [2.05, 4.69) is 37.4 Å². The molecule has 13 rings (SSSR count). The first-order valence-electron chi connectivity index (χ1n) is 26.5. The van der Waals surface area contributed by atoms with Crippen LogP contribution in [-0.2, 0) is 68.7 Å². The number of amides is 3. The molecular formula is C62H65N11O6. The number of rotatable bonds is 13. The lowest BCUT2D eigenvalue weighted by atomic mass is 10.1. The van der Waals surface area contributed by atoms with E-state index in [1.54, 1.807) is 18.5 Å². The van der Waals surface area contributed by atoms with Crippen LogP contribution in [-0.4, -0.2) is 98.6 Å². The molecule has 4 aliphatic heterocycles. The minimum absolute atomic E-state index is 0. The largest absolute Gasteiger partial charge is 0.472 e. The second-order valence-electron chi connectivity index (χ2n) is 19.9. The first kappa shape index (κ1) is 53.3. The van der Waals surface area contributed by atoms with Gasteiger partial charge < -0.3 is 28.9 Å². The number of aliphatic imine (C=N–C) groups is 1. The van der Waals surface area contributed by atoms with E-state index < -0.39 is 0 Å². The van der Waals surface area contributed by atoms with Gasteiger partial charge in [-0.1, -0.05) is 135 Å². The van der Waals surface area contributed by atoms with Crippen molar-refractivity contribution in [3.63, 3.8) is 0 Å². The quantitative estimate of drug-likeness (QED) is 0.109. The van der Waals surface area contributed by atoms with Gasteiger partial charge >= 0.3 is 0 Å². The number of hydrogen-bond donors (Lipinski definition) is 0. The van der Waals surface area contributed by atoms with Crippen molar-refractivity contribution in [2.45, 2.75) is 85.8 Å². The maximum Gasteiger partial charge on any atom is 0.272 e. The summed E-state index contributed by atoms with van der Waals surface area (Å²) in [6.45, 7) is 9.70. The van der Waals surface area contributed by atoms with Gasteiger partial charge in [0.25, 0.3) is 11.8 Å². The van der Waals surface area contributed by atoms with Crippen LogP contribution in [0.15, 0.2) is 175 Å². The molecule has 3 amide bonds. The number of aryl methyl sites for hydroxylation is 1. The molecule has 2 atom stereocenters. The van der Waals surface area contributed by atoms with Crippen molar-refractivity contribution in [1.82, 2.24) is 49.0 Å². The van der Waals surface area contributed by atoms with Crippen LogP contribution in [0, 0.1) is 12.8 Å². The molecule has 404 valence electrons. The third kappa shape index (κ3) is 13.4. The predicted octanol–water partition coefficient (Wildman–Crippen LogP) is 8.88. The van der Waals surface area contributed by atoms with Crippen molar-refractivity contribution in [3.05, 3.63) is 221 Å². The fraction of sp³-hybridized carbons (Fsp3) is 0.290. The molecule has 1 aliphatic carbocycles. The summed E-state index contributed by atoms with van der Waals surface area (Å²) in [5, 5.41) is 13.5. The molecule has 0 spiro atoms. The van der Waals surface area contributed by atoms with Crippen LogP contribution < -0.4 is 14.2 Å². The molecule has 5 aliphatic rings. The SMILES string of the molecule is C.Cc1cncc(C(=O)N2CCn3nc(OCc4ccccc4)cc3C2)c1.O=C(C1=NCC=C1)N1CCn2nc(OCc3ccccc3)cc2C1.O=C(C1CC1c1ccccc1)N1CCn2nc(OCc3ccccc3)cc2C1. The van der Waals surface area contributed by atoms with Crippen LogP contribution in [0.4, 0.5) is 0 Å². The lowest BCUT2D eigenvalue weighted by Gasteiger charge is -2.27. The van der Waals surface area contributed by atoms with E-state index in [1.807, 2.05) is 175 Å². The highest BCUT2D eigenvalue weighted by Gasteiger charge is 2.46. The monoisotopic (exact) mass is 1060 g/mol. The van der Waals surface area contributed by atoms with Crippen molar-refractivity contribution >= 4 is 23.4 Å². The van der Waals surface area contributed by atoms with Gasteiger partial charge in [-0.25, -0.2) is 0 Å². The van der Waals surface area contributed by atoms with Gasteiger partial charge in [0.05, 0.1) is 68.5 Å². The van der Waals surface area contributed by atoms with Gasteiger partial charge in [-0.3, -0.25) is 38.4 Å². The molecule has 0 radical (unpaired) electrons. The van der Waals surface area contributed by atoms with Crippen LogP contribution >= 0.6 is 0 Å². The van der Waals surface area contributed by atoms with Crippen LogP contribution in [0.3, 0.4) is 0 Å². The Hall–Kier alpha value is -9.12. The summed E-state index contributed by atoms with van der Waals surface area (Å²) < 4.78 is 23.2. The van der Waals surface area contributed by atoms with Crippen LogP contribution in [0.2, 0.25) is 0 Å². The van der Waals surface area contributed by atoms with E-state index in [9.17, 15) is 14.4 Å². The first-order chi connectivity index (χ1) is 38.3. The topological polar surface area (TPSA) is 167 Å². The van der Waals surface area contributed by atoms with Gasteiger partial charge in [0.15, 0.2) is 0 Å². The average molecular weight is 1060 g/mol. The Morgan fingerprint density at radius 2 is 0.975 bits per heavy atom. The highest BCUT2D eigenvalue weighted by atomic mass is 16.5. The van der Waals surface area contributed by atoms with Crippen LogP contribution in [0.5, 0.6) is 17.6 Å². The van der Waals surface area contributed by atoms with Gasteiger partial charge in [0, 0.05) is 56.1 Å². The lowest BCUT2D eigenvalue weighted by molar-refractivity contribution is -0.134. The van der Waals surface area contributed by atoms with E-state index in [0.717, 1.165) is 52.3 Å². The fourth-order valence-electron chi connectivity index (χ4n) is 9.96. The Labute approximate surface area is 460 Å². The second kappa shape index (κ2) is 24.9. The molecule has 4 aromatic heterocycles. The third-order valence-electron chi connectivity index (χ3n) is 14.2. The number of aromatic nitrogens is 7. The number of carbonyl (C=O) groups is 3. The molecule has 1 fully saturated rings. The van der Waals surface area contributed by atoms with E-state index in [4.69, 9.17) is 14.2 Å². The molecule has 0 N–H and O–H groups in total. The summed E-state index contributed by atoms with van der Waals surface area (Å²) in [6.07, 6.45) is 8.03. The number of pyridine rings is 1. The minimum Gasteiger partial charge on any atom is -0.472 e. The Bertz CT molecular complexity index is 3410. The zero-order valence-corrected chi connectivity index (χ0v) is 43.6. The van der Waals surface area contributed by atoms with Crippen molar-refractivity contribution in [2.24, 2.45) is 10.9 Å². The molecule has 8 heterocycles. The summed E-state index contributed by atoms with van der Waals surface area (Å²) in [7, 11) is 0. The molecule has 4 aromatic carbocycles. The number of benzene rings is 4. The first-order valence-corrected chi connectivity index (χ1v) is 26.5. The van der Waals surface area contributed by atoms with Gasteiger partial charge in [-0.15, -0.1) is 15.3 Å². The molecule has 17 heteroatoms. The Morgan fingerprint density at radius 3 is 1.43 bits per heavy atom. The summed E-state index contributed by atoms with van der Waals surface area (Å²) in [6, 6.07) is 48.1.